The normalized spacial score (nSPS) is 10.7. The van der Waals surface area contributed by atoms with Crippen LogP contribution in [0.5, 0.6) is 11.5 Å². The summed E-state index contributed by atoms with van der Waals surface area (Å²) in [6.07, 6.45) is 2.62. The van der Waals surface area contributed by atoms with E-state index in [1.165, 1.54) is 0 Å². The van der Waals surface area contributed by atoms with E-state index in [4.69, 9.17) is 13.9 Å². The van der Waals surface area contributed by atoms with Crippen LogP contribution in [0.25, 0.3) is 0 Å². The van der Waals surface area contributed by atoms with Gasteiger partial charge in [-0.1, -0.05) is 22.9 Å². The fraction of sp³-hybridized carbons (Fsp3) is 0.400. The molecule has 1 aromatic carbocycles. The first-order valence-electron chi connectivity index (χ1n) is 6.72. The first kappa shape index (κ1) is 15.9. The maximum absolute atomic E-state index is 5.55. The molecule has 5 nitrogen and oxygen atoms in total. The molecule has 1 heterocycles. The minimum Gasteiger partial charge on any atom is -0.493 e. The molecule has 0 fully saturated rings. The Morgan fingerprint density at radius 1 is 1.19 bits per heavy atom. The van der Waals surface area contributed by atoms with Gasteiger partial charge in [0.25, 0.3) is 0 Å². The largest absolute Gasteiger partial charge is 0.493 e. The Kier molecular flexibility index (Phi) is 5.64. The van der Waals surface area contributed by atoms with Gasteiger partial charge in [0.1, 0.15) is 5.76 Å². The molecule has 2 rings (SSSR count). The fourth-order valence-electron chi connectivity index (χ4n) is 1.93. The van der Waals surface area contributed by atoms with Crippen molar-refractivity contribution in [2.75, 3.05) is 14.2 Å². The van der Waals surface area contributed by atoms with Gasteiger partial charge in [0, 0.05) is 17.4 Å². The molecule has 2 aromatic rings. The van der Waals surface area contributed by atoms with Gasteiger partial charge in [-0.25, -0.2) is 4.98 Å². The maximum Gasteiger partial charge on any atom is 0.208 e. The molecule has 0 spiro atoms. The number of methoxy groups -OCH3 is 2. The highest BCUT2D eigenvalue weighted by Crippen LogP contribution is 2.33. The number of aryl methyl sites for hydroxylation is 1. The molecule has 0 aliphatic rings. The summed E-state index contributed by atoms with van der Waals surface area (Å²) in [5, 5.41) is 3.30. The van der Waals surface area contributed by atoms with E-state index in [1.807, 2.05) is 19.1 Å². The zero-order chi connectivity index (χ0) is 15.2. The van der Waals surface area contributed by atoms with Crippen molar-refractivity contribution < 1.29 is 13.9 Å². The first-order valence-corrected chi connectivity index (χ1v) is 7.52. The third-order valence-electron chi connectivity index (χ3n) is 3.09. The van der Waals surface area contributed by atoms with Crippen LogP contribution in [-0.4, -0.2) is 19.2 Å². The molecular formula is C15H19BrN2O3. The van der Waals surface area contributed by atoms with Crippen LogP contribution in [0.1, 0.15) is 24.1 Å². The van der Waals surface area contributed by atoms with E-state index in [-0.39, 0.29) is 0 Å². The molecule has 1 aromatic heterocycles. The topological polar surface area (TPSA) is 56.5 Å². The van der Waals surface area contributed by atoms with Gasteiger partial charge < -0.3 is 19.2 Å². The van der Waals surface area contributed by atoms with Crippen molar-refractivity contribution in [2.45, 2.75) is 26.4 Å². The molecular weight excluding hydrogens is 336 g/mol. The minimum atomic E-state index is 0.584. The van der Waals surface area contributed by atoms with E-state index < -0.39 is 0 Å². The first-order chi connectivity index (χ1) is 10.2. The van der Waals surface area contributed by atoms with E-state index in [9.17, 15) is 0 Å². The zero-order valence-electron chi connectivity index (χ0n) is 12.4. The lowest BCUT2D eigenvalue weighted by Gasteiger charge is -2.12. The number of oxazole rings is 1. The lowest BCUT2D eigenvalue weighted by atomic mass is 10.2. The van der Waals surface area contributed by atoms with Crippen LogP contribution in [0.3, 0.4) is 0 Å². The number of halogens is 1. The average Bonchev–Trinajstić information content (AvgIpc) is 2.96. The summed E-state index contributed by atoms with van der Waals surface area (Å²) in [5.74, 6) is 3.01. The molecule has 6 heteroatoms. The second-order valence-electron chi connectivity index (χ2n) is 4.48. The SMILES string of the molecule is CCc1cnc(CNCc2cc(OC)c(OC)cc2Br)o1. The van der Waals surface area contributed by atoms with Crippen LogP contribution >= 0.6 is 15.9 Å². The van der Waals surface area contributed by atoms with Crippen LogP contribution < -0.4 is 14.8 Å². The minimum absolute atomic E-state index is 0.584. The summed E-state index contributed by atoms with van der Waals surface area (Å²) in [4.78, 5) is 4.22. The molecule has 0 unspecified atom stereocenters. The van der Waals surface area contributed by atoms with Crippen LogP contribution in [0.2, 0.25) is 0 Å². The summed E-state index contributed by atoms with van der Waals surface area (Å²) < 4.78 is 17.1. The predicted octanol–water partition coefficient (Wildman–Crippen LogP) is 3.31. The van der Waals surface area contributed by atoms with Crippen molar-refractivity contribution in [3.8, 4) is 11.5 Å². The third-order valence-corrected chi connectivity index (χ3v) is 3.83. The van der Waals surface area contributed by atoms with Crippen molar-refractivity contribution in [2.24, 2.45) is 0 Å². The zero-order valence-corrected chi connectivity index (χ0v) is 14.0. The quantitative estimate of drug-likeness (QED) is 0.826. The van der Waals surface area contributed by atoms with E-state index in [1.54, 1.807) is 20.4 Å². The number of aromatic nitrogens is 1. The molecule has 114 valence electrons. The summed E-state index contributed by atoms with van der Waals surface area (Å²) in [6.45, 7) is 3.30. The van der Waals surface area contributed by atoms with Crippen LogP contribution in [0.4, 0.5) is 0 Å². The maximum atomic E-state index is 5.55. The van der Waals surface area contributed by atoms with Gasteiger partial charge in [-0.3, -0.25) is 0 Å². The van der Waals surface area contributed by atoms with Crippen molar-refractivity contribution in [1.29, 1.82) is 0 Å². The lowest BCUT2D eigenvalue weighted by Crippen LogP contribution is -2.13. The smallest absolute Gasteiger partial charge is 0.208 e. The standard InChI is InChI=1S/C15H19BrN2O3/c1-4-11-8-18-15(21-11)9-17-7-10-5-13(19-2)14(20-3)6-12(10)16/h5-6,8,17H,4,7,9H2,1-3H3. The lowest BCUT2D eigenvalue weighted by molar-refractivity contribution is 0.354. The Hall–Kier alpha value is -1.53. The van der Waals surface area contributed by atoms with E-state index in [0.29, 0.717) is 30.5 Å². The van der Waals surface area contributed by atoms with Crippen LogP contribution in [-0.2, 0) is 19.5 Å². The Morgan fingerprint density at radius 2 is 1.90 bits per heavy atom. The molecule has 0 aliphatic heterocycles. The Labute approximate surface area is 132 Å². The van der Waals surface area contributed by atoms with Crippen molar-refractivity contribution in [3.63, 3.8) is 0 Å². The Balaban J connectivity index is 1.99. The average molecular weight is 355 g/mol. The van der Waals surface area contributed by atoms with Gasteiger partial charge >= 0.3 is 0 Å². The van der Waals surface area contributed by atoms with Crippen molar-refractivity contribution in [1.82, 2.24) is 10.3 Å². The molecule has 0 radical (unpaired) electrons. The summed E-state index contributed by atoms with van der Waals surface area (Å²) >= 11 is 3.54. The van der Waals surface area contributed by atoms with Gasteiger partial charge in [0.15, 0.2) is 11.5 Å². The van der Waals surface area contributed by atoms with E-state index >= 15 is 0 Å². The van der Waals surface area contributed by atoms with E-state index in [2.05, 4.69) is 26.2 Å². The number of nitrogens with zero attached hydrogens (tertiary/aromatic N) is 1. The molecule has 0 aliphatic carbocycles. The molecule has 1 N–H and O–H groups in total. The molecule has 0 atom stereocenters. The Bertz CT molecular complexity index is 599. The molecule has 21 heavy (non-hydrogen) atoms. The summed E-state index contributed by atoms with van der Waals surface area (Å²) in [7, 11) is 3.25. The van der Waals surface area contributed by atoms with Gasteiger partial charge in [0.2, 0.25) is 5.89 Å². The molecule has 0 bridgehead atoms. The summed E-state index contributed by atoms with van der Waals surface area (Å²) in [6, 6.07) is 3.85. The number of rotatable bonds is 7. The Morgan fingerprint density at radius 3 is 2.52 bits per heavy atom. The van der Waals surface area contributed by atoms with Crippen molar-refractivity contribution in [3.05, 3.63) is 40.0 Å². The highest BCUT2D eigenvalue weighted by Gasteiger charge is 2.10. The second kappa shape index (κ2) is 7.47. The van der Waals surface area contributed by atoms with Gasteiger partial charge in [-0.15, -0.1) is 0 Å². The number of hydrogen-bond acceptors (Lipinski definition) is 5. The molecule has 0 amide bonds. The highest BCUT2D eigenvalue weighted by atomic mass is 79.9. The molecule has 0 saturated heterocycles. The van der Waals surface area contributed by atoms with Gasteiger partial charge in [-0.05, 0) is 17.7 Å². The van der Waals surface area contributed by atoms with Crippen molar-refractivity contribution >= 4 is 15.9 Å². The van der Waals surface area contributed by atoms with Gasteiger partial charge in [-0.2, -0.15) is 0 Å². The van der Waals surface area contributed by atoms with E-state index in [0.717, 1.165) is 22.2 Å². The highest BCUT2D eigenvalue weighted by molar-refractivity contribution is 9.10. The number of nitrogens with one attached hydrogen (secondary N) is 1. The molecule has 0 saturated carbocycles. The number of hydrogen-bond donors (Lipinski definition) is 1. The monoisotopic (exact) mass is 354 g/mol. The number of benzene rings is 1. The van der Waals surface area contributed by atoms with Crippen LogP contribution in [0.15, 0.2) is 27.2 Å². The van der Waals surface area contributed by atoms with Crippen LogP contribution in [0, 0.1) is 0 Å². The predicted molar refractivity (Wildman–Crippen MR) is 83.7 cm³/mol. The fourth-order valence-corrected chi connectivity index (χ4v) is 2.39. The third kappa shape index (κ3) is 3.98. The second-order valence-corrected chi connectivity index (χ2v) is 5.33. The van der Waals surface area contributed by atoms with Gasteiger partial charge in [0.05, 0.1) is 27.0 Å². The summed E-state index contributed by atoms with van der Waals surface area (Å²) in [5.41, 5.74) is 1.08. The number of ether oxygens (including phenoxy) is 2.